The van der Waals surface area contributed by atoms with E-state index in [2.05, 4.69) is 15.6 Å². The lowest BCUT2D eigenvalue weighted by molar-refractivity contribution is 0.0692. The minimum absolute atomic E-state index is 0.0639. The SMILES string of the molecule is Cc1ccc(-n2cc(C(=O)N3CCC(NC(=O)c4cccc(F)c4)CC3)nn2)cc1C. The molecule has 1 aliphatic rings. The molecule has 1 aliphatic heterocycles. The summed E-state index contributed by atoms with van der Waals surface area (Å²) in [4.78, 5) is 26.9. The first-order chi connectivity index (χ1) is 14.9. The summed E-state index contributed by atoms with van der Waals surface area (Å²) in [5.41, 5.74) is 3.77. The first-order valence-corrected chi connectivity index (χ1v) is 10.3. The molecule has 0 unspecified atom stereocenters. The summed E-state index contributed by atoms with van der Waals surface area (Å²) in [6.07, 6.45) is 2.89. The highest BCUT2D eigenvalue weighted by Gasteiger charge is 2.26. The van der Waals surface area contributed by atoms with Crippen LogP contribution in [0.25, 0.3) is 5.69 Å². The molecule has 3 aromatic rings. The number of hydrogen-bond acceptors (Lipinski definition) is 4. The van der Waals surface area contributed by atoms with Crippen LogP contribution in [0, 0.1) is 19.7 Å². The summed E-state index contributed by atoms with van der Waals surface area (Å²) in [5.74, 6) is -0.924. The zero-order chi connectivity index (χ0) is 22.0. The van der Waals surface area contributed by atoms with Crippen LogP contribution >= 0.6 is 0 Å². The molecule has 1 aromatic heterocycles. The van der Waals surface area contributed by atoms with Gasteiger partial charge in [-0.25, -0.2) is 9.07 Å². The Hall–Kier alpha value is -3.55. The van der Waals surface area contributed by atoms with Crippen LogP contribution in [0.3, 0.4) is 0 Å². The molecule has 2 heterocycles. The number of amides is 2. The molecule has 0 radical (unpaired) electrons. The molecule has 2 amide bonds. The minimum Gasteiger partial charge on any atom is -0.349 e. The zero-order valence-electron chi connectivity index (χ0n) is 17.5. The van der Waals surface area contributed by atoms with Crippen LogP contribution < -0.4 is 5.32 Å². The Morgan fingerprint density at radius 1 is 1.06 bits per heavy atom. The topological polar surface area (TPSA) is 80.1 Å². The largest absolute Gasteiger partial charge is 0.349 e. The smallest absolute Gasteiger partial charge is 0.276 e. The van der Waals surface area contributed by atoms with Crippen LogP contribution in [0.1, 0.15) is 44.8 Å². The molecule has 0 atom stereocenters. The van der Waals surface area contributed by atoms with Gasteiger partial charge in [0.2, 0.25) is 0 Å². The molecular formula is C23H24FN5O2. The maximum Gasteiger partial charge on any atom is 0.276 e. The summed E-state index contributed by atoms with van der Waals surface area (Å²) in [7, 11) is 0. The van der Waals surface area contributed by atoms with Gasteiger partial charge in [-0.2, -0.15) is 0 Å². The van der Waals surface area contributed by atoms with Crippen LogP contribution in [-0.2, 0) is 0 Å². The van der Waals surface area contributed by atoms with Crippen molar-refractivity contribution in [2.75, 3.05) is 13.1 Å². The predicted octanol–water partition coefficient (Wildman–Crippen LogP) is 3.06. The summed E-state index contributed by atoms with van der Waals surface area (Å²) in [6, 6.07) is 11.5. The van der Waals surface area contributed by atoms with E-state index in [4.69, 9.17) is 0 Å². The maximum absolute atomic E-state index is 13.3. The molecule has 4 rings (SSSR count). The van der Waals surface area contributed by atoms with Gasteiger partial charge in [-0.3, -0.25) is 9.59 Å². The second-order valence-electron chi connectivity index (χ2n) is 7.87. The van der Waals surface area contributed by atoms with Gasteiger partial charge in [-0.1, -0.05) is 17.3 Å². The second-order valence-corrected chi connectivity index (χ2v) is 7.87. The van der Waals surface area contributed by atoms with E-state index >= 15 is 0 Å². The van der Waals surface area contributed by atoms with Crippen molar-refractivity contribution in [1.82, 2.24) is 25.2 Å². The number of aryl methyl sites for hydroxylation is 2. The van der Waals surface area contributed by atoms with Crippen LogP contribution in [0.4, 0.5) is 4.39 Å². The molecule has 160 valence electrons. The molecule has 1 N–H and O–H groups in total. The number of nitrogens with one attached hydrogen (secondary N) is 1. The number of carbonyl (C=O) groups excluding carboxylic acids is 2. The highest BCUT2D eigenvalue weighted by atomic mass is 19.1. The third-order valence-corrected chi connectivity index (χ3v) is 5.67. The summed E-state index contributed by atoms with van der Waals surface area (Å²) >= 11 is 0. The van der Waals surface area contributed by atoms with E-state index in [1.54, 1.807) is 21.8 Å². The predicted molar refractivity (Wildman–Crippen MR) is 114 cm³/mol. The second kappa shape index (κ2) is 8.67. The third-order valence-electron chi connectivity index (χ3n) is 5.67. The van der Waals surface area contributed by atoms with Crippen LogP contribution in [0.5, 0.6) is 0 Å². The fourth-order valence-electron chi connectivity index (χ4n) is 3.64. The van der Waals surface area contributed by atoms with E-state index in [9.17, 15) is 14.0 Å². The maximum atomic E-state index is 13.3. The summed E-state index contributed by atoms with van der Waals surface area (Å²) in [5, 5.41) is 11.1. The lowest BCUT2D eigenvalue weighted by Crippen LogP contribution is -2.46. The number of benzene rings is 2. The molecular weight excluding hydrogens is 397 g/mol. The summed E-state index contributed by atoms with van der Waals surface area (Å²) in [6.45, 7) is 5.07. The van der Waals surface area contributed by atoms with Crippen molar-refractivity contribution in [1.29, 1.82) is 0 Å². The van der Waals surface area contributed by atoms with Gasteiger partial charge in [-0.05, 0) is 68.1 Å². The Bertz CT molecular complexity index is 1120. The molecule has 1 fully saturated rings. The molecule has 0 bridgehead atoms. The molecule has 7 nitrogen and oxygen atoms in total. The van der Waals surface area contributed by atoms with Crippen molar-refractivity contribution in [3.8, 4) is 5.69 Å². The molecule has 8 heteroatoms. The fourth-order valence-corrected chi connectivity index (χ4v) is 3.64. The highest BCUT2D eigenvalue weighted by molar-refractivity contribution is 5.94. The van der Waals surface area contributed by atoms with Crippen molar-refractivity contribution in [2.24, 2.45) is 0 Å². The van der Waals surface area contributed by atoms with Crippen molar-refractivity contribution in [3.05, 3.63) is 76.9 Å². The van der Waals surface area contributed by atoms with Crippen molar-refractivity contribution in [2.45, 2.75) is 32.7 Å². The van der Waals surface area contributed by atoms with Crippen molar-refractivity contribution >= 4 is 11.8 Å². The first kappa shape index (κ1) is 20.7. The number of halogens is 1. The Morgan fingerprint density at radius 3 is 2.55 bits per heavy atom. The van der Waals surface area contributed by atoms with E-state index in [-0.39, 0.29) is 17.9 Å². The molecule has 0 aliphatic carbocycles. The quantitative estimate of drug-likeness (QED) is 0.702. The average molecular weight is 421 g/mol. The van der Waals surface area contributed by atoms with Crippen LogP contribution in [-0.4, -0.2) is 50.8 Å². The zero-order valence-corrected chi connectivity index (χ0v) is 17.5. The number of aromatic nitrogens is 3. The summed E-state index contributed by atoms with van der Waals surface area (Å²) < 4.78 is 14.9. The monoisotopic (exact) mass is 421 g/mol. The number of nitrogens with zero attached hydrogens (tertiary/aromatic N) is 4. The Morgan fingerprint density at radius 2 is 1.84 bits per heavy atom. The number of likely N-dealkylation sites (tertiary alicyclic amines) is 1. The lowest BCUT2D eigenvalue weighted by Gasteiger charge is -2.31. The van der Waals surface area contributed by atoms with Gasteiger partial charge in [0.25, 0.3) is 11.8 Å². The van der Waals surface area contributed by atoms with E-state index in [0.717, 1.165) is 11.3 Å². The molecule has 1 saturated heterocycles. The van der Waals surface area contributed by atoms with Crippen LogP contribution in [0.2, 0.25) is 0 Å². The number of hydrogen-bond donors (Lipinski definition) is 1. The van der Waals surface area contributed by atoms with E-state index in [0.29, 0.717) is 37.2 Å². The third kappa shape index (κ3) is 4.63. The normalized spacial score (nSPS) is 14.5. The standard InChI is InChI=1S/C23H24FN5O2/c1-15-6-7-20(12-16(15)2)29-14-21(26-27-29)23(31)28-10-8-19(9-11-28)25-22(30)17-4-3-5-18(24)13-17/h3-7,12-14,19H,8-11H2,1-2H3,(H,25,30). The number of rotatable bonds is 4. The number of piperidine rings is 1. The molecule has 0 spiro atoms. The van der Waals surface area contributed by atoms with E-state index < -0.39 is 5.82 Å². The van der Waals surface area contributed by atoms with Crippen LogP contribution in [0.15, 0.2) is 48.7 Å². The molecule has 2 aromatic carbocycles. The lowest BCUT2D eigenvalue weighted by atomic mass is 10.0. The van der Waals surface area contributed by atoms with Crippen molar-refractivity contribution < 1.29 is 14.0 Å². The van der Waals surface area contributed by atoms with Crippen molar-refractivity contribution in [3.63, 3.8) is 0 Å². The first-order valence-electron chi connectivity index (χ1n) is 10.3. The van der Waals surface area contributed by atoms with Gasteiger partial charge < -0.3 is 10.2 Å². The average Bonchev–Trinajstić information content (AvgIpc) is 3.26. The molecule has 31 heavy (non-hydrogen) atoms. The molecule has 0 saturated carbocycles. The van der Waals surface area contributed by atoms with Gasteiger partial charge in [0.05, 0.1) is 11.9 Å². The Balaban J connectivity index is 1.35. The van der Waals surface area contributed by atoms with E-state index in [1.165, 1.54) is 23.8 Å². The minimum atomic E-state index is -0.443. The van der Waals surface area contributed by atoms with Gasteiger partial charge in [-0.15, -0.1) is 5.10 Å². The van der Waals surface area contributed by atoms with Gasteiger partial charge in [0, 0.05) is 24.7 Å². The van der Waals surface area contributed by atoms with Gasteiger partial charge in [0.15, 0.2) is 5.69 Å². The van der Waals surface area contributed by atoms with E-state index in [1.807, 2.05) is 32.0 Å². The fraction of sp³-hybridized carbons (Fsp3) is 0.304. The Kier molecular flexibility index (Phi) is 5.79. The van der Waals surface area contributed by atoms with Gasteiger partial charge >= 0.3 is 0 Å². The van der Waals surface area contributed by atoms with Gasteiger partial charge in [0.1, 0.15) is 5.82 Å². The number of carbonyl (C=O) groups is 2. The highest BCUT2D eigenvalue weighted by Crippen LogP contribution is 2.16. The Labute approximate surface area is 179 Å².